The Morgan fingerprint density at radius 2 is 2.12 bits per heavy atom. The predicted octanol–water partition coefficient (Wildman–Crippen LogP) is 2.83. The predicted molar refractivity (Wildman–Crippen MR) is 55.5 cm³/mol. The fourth-order valence-corrected chi connectivity index (χ4v) is 1.57. The van der Waals surface area contributed by atoms with E-state index in [-0.39, 0.29) is 11.5 Å². The molecular formula is C12H8F3NO. The minimum absolute atomic E-state index is 0.214. The third-order valence-electron chi connectivity index (χ3n) is 2.37. The molecular weight excluding hydrogens is 231 g/mol. The van der Waals surface area contributed by atoms with Crippen LogP contribution in [-0.2, 0) is 4.79 Å². The zero-order valence-electron chi connectivity index (χ0n) is 8.88. The van der Waals surface area contributed by atoms with Crippen molar-refractivity contribution in [1.29, 1.82) is 0 Å². The van der Waals surface area contributed by atoms with Crippen molar-refractivity contribution in [1.82, 2.24) is 4.90 Å². The first kappa shape index (κ1) is 11.5. The van der Waals surface area contributed by atoms with E-state index in [1.165, 1.54) is 30.2 Å². The highest BCUT2D eigenvalue weighted by Crippen LogP contribution is 2.33. The zero-order valence-corrected chi connectivity index (χ0v) is 8.88. The Bertz CT molecular complexity index is 528. The summed E-state index contributed by atoms with van der Waals surface area (Å²) >= 11 is 0. The zero-order chi connectivity index (χ0) is 12.6. The van der Waals surface area contributed by atoms with Gasteiger partial charge in [-0.15, -0.1) is 0 Å². The van der Waals surface area contributed by atoms with Crippen LogP contribution < -0.4 is 0 Å². The van der Waals surface area contributed by atoms with Crippen molar-refractivity contribution in [2.24, 2.45) is 0 Å². The van der Waals surface area contributed by atoms with E-state index in [0.717, 1.165) is 12.2 Å². The van der Waals surface area contributed by atoms with Gasteiger partial charge < -0.3 is 4.90 Å². The average Bonchev–Trinajstić information content (AvgIpc) is 2.26. The Hall–Kier alpha value is -2.00. The van der Waals surface area contributed by atoms with E-state index in [4.69, 9.17) is 0 Å². The molecule has 2 rings (SSSR count). The molecule has 2 heterocycles. The first-order chi connectivity index (χ1) is 7.89. The van der Waals surface area contributed by atoms with Crippen molar-refractivity contribution in [3.8, 4) is 0 Å². The van der Waals surface area contributed by atoms with E-state index in [9.17, 15) is 18.0 Å². The molecule has 0 amide bonds. The Morgan fingerprint density at radius 1 is 1.41 bits per heavy atom. The van der Waals surface area contributed by atoms with Crippen LogP contribution in [0.1, 0.15) is 6.92 Å². The largest absolute Gasteiger partial charge is 0.416 e. The summed E-state index contributed by atoms with van der Waals surface area (Å²) in [6, 6.07) is 0. The maximum absolute atomic E-state index is 12.5. The fourth-order valence-electron chi connectivity index (χ4n) is 1.57. The Labute approximate surface area is 95.7 Å². The normalized spacial score (nSPS) is 18.4. The van der Waals surface area contributed by atoms with Crippen LogP contribution in [-0.4, -0.2) is 16.9 Å². The summed E-state index contributed by atoms with van der Waals surface area (Å²) in [5, 5.41) is 0. The number of allylic oxidation sites excluding steroid dienone is 5. The number of fused-ring (bicyclic) bond motifs is 1. The van der Waals surface area contributed by atoms with Gasteiger partial charge in [0, 0.05) is 13.1 Å². The first-order valence-electron chi connectivity index (χ1n) is 4.84. The topological polar surface area (TPSA) is 20.3 Å². The molecule has 2 nitrogen and oxygen atoms in total. The molecule has 0 unspecified atom stereocenters. The highest BCUT2D eigenvalue weighted by atomic mass is 19.4. The fraction of sp³-hybridized carbons (Fsp3) is 0.167. The summed E-state index contributed by atoms with van der Waals surface area (Å²) in [6.45, 7) is 1.36. The number of rotatable bonds is 1. The van der Waals surface area contributed by atoms with Crippen LogP contribution in [0.25, 0.3) is 0 Å². The summed E-state index contributed by atoms with van der Waals surface area (Å²) in [5.41, 5.74) is 2.46. The first-order valence-corrected chi connectivity index (χ1v) is 4.84. The molecule has 5 heteroatoms. The van der Waals surface area contributed by atoms with E-state index in [1.807, 2.05) is 0 Å². The maximum Gasteiger partial charge on any atom is 0.416 e. The van der Waals surface area contributed by atoms with Gasteiger partial charge in [0.15, 0.2) is 5.78 Å². The molecule has 0 aromatic heterocycles. The number of hydrogen-bond acceptors (Lipinski definition) is 2. The average molecular weight is 239 g/mol. The number of carbonyl (C=O) groups is 1. The molecule has 0 saturated carbocycles. The lowest BCUT2D eigenvalue weighted by Gasteiger charge is -2.27. The Kier molecular flexibility index (Phi) is 2.56. The third kappa shape index (κ3) is 2.10. The van der Waals surface area contributed by atoms with Gasteiger partial charge in [0.1, 0.15) is 0 Å². The maximum atomic E-state index is 12.5. The summed E-state index contributed by atoms with van der Waals surface area (Å²) in [6.07, 6.45) is 1.69. The molecule has 0 radical (unpaired) electrons. The van der Waals surface area contributed by atoms with Crippen molar-refractivity contribution in [3.05, 3.63) is 53.2 Å². The van der Waals surface area contributed by atoms with Crippen LogP contribution in [0.15, 0.2) is 53.2 Å². The summed E-state index contributed by atoms with van der Waals surface area (Å²) in [4.78, 5) is 12.7. The number of halogens is 3. The second-order valence-corrected chi connectivity index (χ2v) is 3.59. The van der Waals surface area contributed by atoms with Crippen molar-refractivity contribution >= 4 is 5.78 Å². The highest BCUT2D eigenvalue weighted by Gasteiger charge is 2.34. The van der Waals surface area contributed by atoms with E-state index < -0.39 is 11.7 Å². The Balaban J connectivity index is 2.40. The quantitative estimate of drug-likeness (QED) is 0.656. The molecule has 88 valence electrons. The van der Waals surface area contributed by atoms with E-state index in [2.05, 4.69) is 5.73 Å². The standard InChI is InChI=1S/C12H8F3NO/c1-8(17)11-4-2-3-10-7-9(12(13,14)15)5-6-16(10)11/h2,4-7H,1H3. The molecule has 0 aromatic carbocycles. The van der Waals surface area contributed by atoms with E-state index in [1.54, 1.807) is 0 Å². The van der Waals surface area contributed by atoms with Crippen LogP contribution in [0, 0.1) is 0 Å². The van der Waals surface area contributed by atoms with Gasteiger partial charge in [-0.1, -0.05) is 5.73 Å². The summed E-state index contributed by atoms with van der Waals surface area (Å²) < 4.78 is 37.5. The summed E-state index contributed by atoms with van der Waals surface area (Å²) in [7, 11) is 0. The number of nitrogens with zero attached hydrogens (tertiary/aromatic N) is 1. The molecule has 0 aliphatic carbocycles. The Morgan fingerprint density at radius 3 is 2.71 bits per heavy atom. The highest BCUT2D eigenvalue weighted by molar-refractivity contribution is 5.94. The minimum Gasteiger partial charge on any atom is -0.307 e. The SMILES string of the molecule is CC(=O)C1=CC=C=C2C=C(C(F)(F)F)C=CN21. The van der Waals surface area contributed by atoms with Gasteiger partial charge in [0.2, 0.25) is 0 Å². The molecule has 17 heavy (non-hydrogen) atoms. The monoisotopic (exact) mass is 239 g/mol. The smallest absolute Gasteiger partial charge is 0.307 e. The van der Waals surface area contributed by atoms with Crippen LogP contribution in [0.3, 0.4) is 0 Å². The van der Waals surface area contributed by atoms with Gasteiger partial charge in [-0.3, -0.25) is 4.79 Å². The van der Waals surface area contributed by atoms with Crippen LogP contribution in [0.5, 0.6) is 0 Å². The molecule has 0 N–H and O–H groups in total. The summed E-state index contributed by atoms with van der Waals surface area (Å²) in [5.74, 6) is -0.214. The minimum atomic E-state index is -4.39. The van der Waals surface area contributed by atoms with Crippen molar-refractivity contribution in [2.45, 2.75) is 13.1 Å². The lowest BCUT2D eigenvalue weighted by molar-refractivity contribution is -0.114. The van der Waals surface area contributed by atoms with Crippen molar-refractivity contribution in [2.75, 3.05) is 0 Å². The van der Waals surface area contributed by atoms with Crippen LogP contribution in [0.4, 0.5) is 13.2 Å². The van der Waals surface area contributed by atoms with Gasteiger partial charge in [-0.2, -0.15) is 13.2 Å². The molecule has 0 saturated heterocycles. The van der Waals surface area contributed by atoms with Gasteiger partial charge in [0.25, 0.3) is 0 Å². The van der Waals surface area contributed by atoms with E-state index in [0.29, 0.717) is 5.70 Å². The van der Waals surface area contributed by atoms with Gasteiger partial charge in [0.05, 0.1) is 17.0 Å². The molecule has 2 aliphatic heterocycles. The molecule has 2 aliphatic rings. The van der Waals surface area contributed by atoms with Crippen molar-refractivity contribution in [3.63, 3.8) is 0 Å². The van der Waals surface area contributed by atoms with Gasteiger partial charge >= 0.3 is 6.18 Å². The number of ketones is 1. The van der Waals surface area contributed by atoms with Crippen molar-refractivity contribution < 1.29 is 18.0 Å². The molecule has 0 aromatic rings. The number of hydrogen-bond donors (Lipinski definition) is 0. The van der Waals surface area contributed by atoms with Crippen LogP contribution in [0.2, 0.25) is 0 Å². The lowest BCUT2D eigenvalue weighted by Crippen LogP contribution is -2.25. The molecule has 0 spiro atoms. The second-order valence-electron chi connectivity index (χ2n) is 3.59. The van der Waals surface area contributed by atoms with Gasteiger partial charge in [-0.05, 0) is 24.3 Å². The van der Waals surface area contributed by atoms with Gasteiger partial charge in [-0.25, -0.2) is 0 Å². The lowest BCUT2D eigenvalue weighted by atomic mass is 10.1. The third-order valence-corrected chi connectivity index (χ3v) is 2.37. The van der Waals surface area contributed by atoms with E-state index >= 15 is 0 Å². The molecule has 0 atom stereocenters. The number of Topliss-reactive ketones (excluding diaryl/α,β-unsaturated/α-hetero) is 1. The molecule has 0 fully saturated rings. The second kappa shape index (κ2) is 3.79. The number of carbonyl (C=O) groups excluding carboxylic acids is 1. The van der Waals surface area contributed by atoms with Crippen LogP contribution >= 0.6 is 0 Å². The number of alkyl halides is 3. The molecule has 0 bridgehead atoms.